The molecule has 110 valence electrons. The molecule has 2 rings (SSSR count). The largest absolute Gasteiger partial charge is 0.326 e. The number of aryl methyl sites for hydroxylation is 1. The van der Waals surface area contributed by atoms with E-state index in [2.05, 4.69) is 5.32 Å². The molecule has 0 fully saturated rings. The summed E-state index contributed by atoms with van der Waals surface area (Å²) in [6.45, 7) is 1.45. The molecule has 0 aliphatic carbocycles. The van der Waals surface area contributed by atoms with Crippen LogP contribution in [0, 0.1) is 0 Å². The number of benzene rings is 2. The normalized spacial score (nSPS) is 11.9. The molecule has 1 N–H and O–H groups in total. The number of rotatable bonds is 5. The van der Waals surface area contributed by atoms with Crippen LogP contribution in [0.15, 0.2) is 53.4 Å². The summed E-state index contributed by atoms with van der Waals surface area (Å²) in [6.07, 6.45) is 0.666. The Morgan fingerprint density at radius 1 is 1.14 bits per heavy atom. The fourth-order valence-electron chi connectivity index (χ4n) is 1.91. The van der Waals surface area contributed by atoms with Gasteiger partial charge in [-0.3, -0.25) is 9.00 Å². The fourth-order valence-corrected chi connectivity index (χ4v) is 3.23. The van der Waals surface area contributed by atoms with Gasteiger partial charge >= 0.3 is 0 Å². The highest BCUT2D eigenvalue weighted by molar-refractivity contribution is 7.85. The van der Waals surface area contributed by atoms with Crippen molar-refractivity contribution in [1.82, 2.24) is 0 Å². The molecule has 1 amide bonds. The molecule has 0 saturated heterocycles. The number of hydrogen-bond donors (Lipinski definition) is 1. The van der Waals surface area contributed by atoms with Crippen molar-refractivity contribution in [2.24, 2.45) is 0 Å². The summed E-state index contributed by atoms with van der Waals surface area (Å²) in [4.78, 5) is 11.7. The SMILES string of the molecule is CC(=O)Nc1ccc([S@@](=O)CCc2ccccc2Cl)cc1. The van der Waals surface area contributed by atoms with Crippen LogP contribution < -0.4 is 5.32 Å². The van der Waals surface area contributed by atoms with E-state index in [1.165, 1.54) is 6.92 Å². The van der Waals surface area contributed by atoms with Crippen molar-refractivity contribution in [3.8, 4) is 0 Å². The summed E-state index contributed by atoms with van der Waals surface area (Å²) in [6, 6.07) is 14.6. The van der Waals surface area contributed by atoms with E-state index in [0.717, 1.165) is 10.5 Å². The van der Waals surface area contributed by atoms with Gasteiger partial charge in [0.05, 0.1) is 10.8 Å². The monoisotopic (exact) mass is 321 g/mol. The first-order valence-electron chi connectivity index (χ1n) is 6.55. The molecule has 0 radical (unpaired) electrons. The van der Waals surface area contributed by atoms with Gasteiger partial charge < -0.3 is 5.32 Å². The predicted octanol–water partition coefficient (Wildman–Crippen LogP) is 3.65. The zero-order valence-electron chi connectivity index (χ0n) is 11.6. The van der Waals surface area contributed by atoms with Crippen LogP contribution in [0.5, 0.6) is 0 Å². The van der Waals surface area contributed by atoms with Crippen molar-refractivity contribution in [3.05, 3.63) is 59.1 Å². The van der Waals surface area contributed by atoms with Crippen molar-refractivity contribution in [2.45, 2.75) is 18.2 Å². The molecule has 2 aromatic rings. The Balaban J connectivity index is 1.97. The molecule has 2 aromatic carbocycles. The molecule has 0 aromatic heterocycles. The maximum Gasteiger partial charge on any atom is 0.221 e. The number of hydrogen-bond acceptors (Lipinski definition) is 2. The van der Waals surface area contributed by atoms with Gasteiger partial charge in [0, 0.05) is 28.3 Å². The first-order valence-corrected chi connectivity index (χ1v) is 8.25. The van der Waals surface area contributed by atoms with E-state index in [4.69, 9.17) is 11.6 Å². The topological polar surface area (TPSA) is 46.2 Å². The van der Waals surface area contributed by atoms with Gasteiger partial charge in [-0.2, -0.15) is 0 Å². The van der Waals surface area contributed by atoms with Crippen LogP contribution in [0.25, 0.3) is 0 Å². The van der Waals surface area contributed by atoms with E-state index < -0.39 is 10.8 Å². The Hall–Kier alpha value is -1.65. The van der Waals surface area contributed by atoms with Gasteiger partial charge in [-0.15, -0.1) is 0 Å². The smallest absolute Gasteiger partial charge is 0.221 e. The number of carbonyl (C=O) groups excluding carboxylic acids is 1. The standard InChI is InChI=1S/C16H16ClNO2S/c1-12(19)18-14-6-8-15(9-7-14)21(20)11-10-13-4-2-3-5-16(13)17/h2-9H,10-11H2,1H3,(H,18,19)/t21-/m0/s1. The minimum Gasteiger partial charge on any atom is -0.326 e. The summed E-state index contributed by atoms with van der Waals surface area (Å²) >= 11 is 6.08. The third kappa shape index (κ3) is 4.69. The lowest BCUT2D eigenvalue weighted by Crippen LogP contribution is -2.06. The summed E-state index contributed by atoms with van der Waals surface area (Å²) in [5, 5.41) is 3.39. The van der Waals surface area contributed by atoms with Gasteiger partial charge in [0.25, 0.3) is 0 Å². The Kier molecular flexibility index (Phi) is 5.53. The molecule has 1 atom stereocenters. The van der Waals surface area contributed by atoms with E-state index in [9.17, 15) is 9.00 Å². The molecule has 3 nitrogen and oxygen atoms in total. The van der Waals surface area contributed by atoms with E-state index in [0.29, 0.717) is 22.9 Å². The zero-order valence-corrected chi connectivity index (χ0v) is 13.2. The van der Waals surface area contributed by atoms with Crippen LogP contribution in [0.2, 0.25) is 5.02 Å². The van der Waals surface area contributed by atoms with E-state index in [1.807, 2.05) is 24.3 Å². The molecule has 0 saturated carbocycles. The third-order valence-electron chi connectivity index (χ3n) is 2.95. The summed E-state index contributed by atoms with van der Waals surface area (Å²) < 4.78 is 12.2. The zero-order chi connectivity index (χ0) is 15.2. The molecule has 0 aliphatic rings. The Labute approximate surface area is 131 Å². The van der Waals surface area contributed by atoms with Crippen molar-refractivity contribution in [2.75, 3.05) is 11.1 Å². The Bertz CT molecular complexity index is 656. The highest BCUT2D eigenvalue weighted by Gasteiger charge is 2.06. The number of halogens is 1. The molecular weight excluding hydrogens is 306 g/mol. The minimum absolute atomic E-state index is 0.123. The van der Waals surface area contributed by atoms with Crippen LogP contribution in [-0.2, 0) is 22.0 Å². The first kappa shape index (κ1) is 15.7. The summed E-state index contributed by atoms with van der Waals surface area (Å²) in [5.41, 5.74) is 1.71. The summed E-state index contributed by atoms with van der Waals surface area (Å²) in [7, 11) is -1.08. The second kappa shape index (κ2) is 7.38. The van der Waals surface area contributed by atoms with Crippen LogP contribution in [0.3, 0.4) is 0 Å². The van der Waals surface area contributed by atoms with Gasteiger partial charge in [0.2, 0.25) is 5.91 Å². The van der Waals surface area contributed by atoms with Crippen LogP contribution >= 0.6 is 11.6 Å². The average molecular weight is 322 g/mol. The van der Waals surface area contributed by atoms with Crippen molar-refractivity contribution >= 4 is 34.0 Å². The van der Waals surface area contributed by atoms with Crippen molar-refractivity contribution in [1.29, 1.82) is 0 Å². The fraction of sp³-hybridized carbons (Fsp3) is 0.188. The van der Waals surface area contributed by atoms with Gasteiger partial charge in [-0.05, 0) is 42.3 Å². The number of nitrogens with one attached hydrogen (secondary N) is 1. The molecule has 0 unspecified atom stereocenters. The highest BCUT2D eigenvalue weighted by atomic mass is 35.5. The first-order chi connectivity index (χ1) is 10.1. The minimum atomic E-state index is -1.08. The summed E-state index contributed by atoms with van der Waals surface area (Å²) in [5.74, 6) is 0.394. The third-order valence-corrected chi connectivity index (χ3v) is 4.69. The van der Waals surface area contributed by atoms with E-state index in [-0.39, 0.29) is 5.91 Å². The molecule has 0 heterocycles. The number of carbonyl (C=O) groups is 1. The van der Waals surface area contributed by atoms with Crippen molar-refractivity contribution in [3.63, 3.8) is 0 Å². The van der Waals surface area contributed by atoms with Gasteiger partial charge in [0.1, 0.15) is 0 Å². The predicted molar refractivity (Wildman–Crippen MR) is 87.2 cm³/mol. The second-order valence-electron chi connectivity index (χ2n) is 4.60. The molecule has 0 bridgehead atoms. The number of anilines is 1. The maximum atomic E-state index is 12.2. The molecular formula is C16H16ClNO2S. The Morgan fingerprint density at radius 2 is 1.81 bits per heavy atom. The lowest BCUT2D eigenvalue weighted by atomic mass is 10.2. The maximum absolute atomic E-state index is 12.2. The molecule has 0 spiro atoms. The quantitative estimate of drug-likeness (QED) is 0.913. The van der Waals surface area contributed by atoms with E-state index in [1.54, 1.807) is 24.3 Å². The number of amides is 1. The van der Waals surface area contributed by atoms with E-state index >= 15 is 0 Å². The van der Waals surface area contributed by atoms with Gasteiger partial charge in [0.15, 0.2) is 0 Å². The molecule has 5 heteroatoms. The average Bonchev–Trinajstić information content (AvgIpc) is 2.46. The molecule has 0 aliphatic heterocycles. The highest BCUT2D eigenvalue weighted by Crippen LogP contribution is 2.18. The lowest BCUT2D eigenvalue weighted by Gasteiger charge is -2.06. The van der Waals surface area contributed by atoms with Crippen LogP contribution in [0.1, 0.15) is 12.5 Å². The Morgan fingerprint density at radius 3 is 2.43 bits per heavy atom. The van der Waals surface area contributed by atoms with Crippen LogP contribution in [-0.4, -0.2) is 15.9 Å². The van der Waals surface area contributed by atoms with Crippen LogP contribution in [0.4, 0.5) is 5.69 Å². The molecule has 21 heavy (non-hydrogen) atoms. The van der Waals surface area contributed by atoms with Crippen molar-refractivity contribution < 1.29 is 9.00 Å². The lowest BCUT2D eigenvalue weighted by molar-refractivity contribution is -0.114. The second-order valence-corrected chi connectivity index (χ2v) is 6.57. The van der Waals surface area contributed by atoms with Gasteiger partial charge in [-0.25, -0.2) is 0 Å². The van der Waals surface area contributed by atoms with Gasteiger partial charge in [-0.1, -0.05) is 29.8 Å².